The topological polar surface area (TPSA) is 58.6 Å². The van der Waals surface area contributed by atoms with Crippen molar-refractivity contribution < 1.29 is 14.3 Å². The average Bonchev–Trinajstić information content (AvgIpc) is 3.22. The number of carbonyl (C=O) groups excluding carboxylic acids is 2. The van der Waals surface area contributed by atoms with Gasteiger partial charge in [-0.15, -0.1) is 11.3 Å². The lowest BCUT2D eigenvalue weighted by Crippen LogP contribution is -2.63. The number of carbonyl (C=O) groups is 2. The second-order valence-corrected chi connectivity index (χ2v) is 9.18. The Hall–Kier alpha value is -2.18. The van der Waals surface area contributed by atoms with Crippen LogP contribution in [0.25, 0.3) is 10.4 Å². The number of nitrogens with zero attached hydrogens (tertiary/aromatic N) is 1. The predicted molar refractivity (Wildman–Crippen MR) is 117 cm³/mol. The molecule has 0 aliphatic carbocycles. The molecule has 2 aromatic rings. The summed E-state index contributed by atoms with van der Waals surface area (Å²) in [5.41, 5.74) is 1.10. The van der Waals surface area contributed by atoms with E-state index in [-0.39, 0.29) is 30.3 Å². The van der Waals surface area contributed by atoms with Crippen LogP contribution in [0.1, 0.15) is 33.3 Å². The Morgan fingerprint density at radius 1 is 1.17 bits per heavy atom. The lowest BCUT2D eigenvalue weighted by molar-refractivity contribution is -0.167. The van der Waals surface area contributed by atoms with E-state index in [9.17, 15) is 9.59 Å². The molecule has 2 heterocycles. The molecule has 0 saturated carbocycles. The quantitative estimate of drug-likeness (QED) is 0.783. The third-order valence-electron chi connectivity index (χ3n) is 5.07. The Kier molecular flexibility index (Phi) is 6.75. The molecule has 1 aliphatic rings. The van der Waals surface area contributed by atoms with Crippen LogP contribution in [0.15, 0.2) is 41.8 Å². The van der Waals surface area contributed by atoms with E-state index in [1.54, 1.807) is 16.2 Å². The summed E-state index contributed by atoms with van der Waals surface area (Å²) in [4.78, 5) is 28.7. The van der Waals surface area contributed by atoms with E-state index in [1.165, 1.54) is 4.88 Å². The van der Waals surface area contributed by atoms with Crippen molar-refractivity contribution in [2.24, 2.45) is 5.92 Å². The van der Waals surface area contributed by atoms with E-state index in [0.29, 0.717) is 19.6 Å². The van der Waals surface area contributed by atoms with Crippen molar-refractivity contribution in [2.45, 2.75) is 45.8 Å². The average molecular weight is 415 g/mol. The molecule has 1 atom stereocenters. The normalized spacial score (nSPS) is 19.6. The number of benzene rings is 1. The van der Waals surface area contributed by atoms with Crippen molar-refractivity contribution in [3.8, 4) is 10.4 Å². The Balaban J connectivity index is 1.85. The number of nitrogens with one attached hydrogen (secondary N) is 1. The highest BCUT2D eigenvalue weighted by Crippen LogP contribution is 2.28. The van der Waals surface area contributed by atoms with Gasteiger partial charge in [0.2, 0.25) is 5.91 Å². The Morgan fingerprint density at radius 2 is 1.90 bits per heavy atom. The Morgan fingerprint density at radius 3 is 2.48 bits per heavy atom. The van der Waals surface area contributed by atoms with Crippen molar-refractivity contribution >= 4 is 23.2 Å². The number of amides is 2. The largest absolute Gasteiger partial charge is 0.361 e. The molecule has 156 valence electrons. The van der Waals surface area contributed by atoms with Gasteiger partial charge in [0.1, 0.15) is 0 Å². The maximum Gasteiger partial charge on any atom is 0.254 e. The van der Waals surface area contributed by atoms with Gasteiger partial charge in [0.15, 0.2) is 5.60 Å². The highest BCUT2D eigenvalue weighted by molar-refractivity contribution is 7.13. The van der Waals surface area contributed by atoms with Crippen molar-refractivity contribution in [3.63, 3.8) is 0 Å². The summed E-state index contributed by atoms with van der Waals surface area (Å²) in [6, 6.07) is 12.4. The van der Waals surface area contributed by atoms with Crippen LogP contribution in [0, 0.1) is 5.92 Å². The van der Waals surface area contributed by atoms with Gasteiger partial charge in [0.25, 0.3) is 5.91 Å². The maximum absolute atomic E-state index is 13.2. The third kappa shape index (κ3) is 5.06. The fourth-order valence-corrected chi connectivity index (χ4v) is 4.35. The van der Waals surface area contributed by atoms with Crippen molar-refractivity contribution in [3.05, 3.63) is 47.3 Å². The highest BCUT2D eigenvalue weighted by Gasteiger charge is 2.45. The summed E-state index contributed by atoms with van der Waals surface area (Å²) in [7, 11) is 0. The fourth-order valence-electron chi connectivity index (χ4n) is 3.62. The standard InChI is InChI=1S/C23H30N2O3S/c1-16(2)21(26)25-11-12-28-23(15-25,22(27)24-17(3)4)14-18-7-9-19(10-8-18)20-6-5-13-29-20/h5-10,13,16-17H,11-12,14-15H2,1-4H3,(H,24,27). The van der Waals surface area contributed by atoms with Gasteiger partial charge in [0.05, 0.1) is 13.2 Å². The van der Waals surface area contributed by atoms with Crippen LogP contribution in [0.2, 0.25) is 0 Å². The fraction of sp³-hybridized carbons (Fsp3) is 0.478. The molecule has 6 heteroatoms. The van der Waals surface area contributed by atoms with E-state index < -0.39 is 5.60 Å². The zero-order chi connectivity index (χ0) is 21.0. The Bertz CT molecular complexity index is 830. The first-order valence-electron chi connectivity index (χ1n) is 10.2. The van der Waals surface area contributed by atoms with Crippen molar-refractivity contribution in [1.29, 1.82) is 0 Å². The summed E-state index contributed by atoms with van der Waals surface area (Å²) >= 11 is 1.70. The molecule has 1 unspecified atom stereocenters. The number of hydrogen-bond donors (Lipinski definition) is 1. The Labute approximate surface area is 177 Å². The molecule has 2 amide bonds. The van der Waals surface area contributed by atoms with Crippen LogP contribution in [0.5, 0.6) is 0 Å². The lowest BCUT2D eigenvalue weighted by Gasteiger charge is -2.42. The first-order chi connectivity index (χ1) is 13.8. The van der Waals surface area contributed by atoms with Crippen molar-refractivity contribution in [2.75, 3.05) is 19.7 Å². The molecular weight excluding hydrogens is 384 g/mol. The zero-order valence-corrected chi connectivity index (χ0v) is 18.4. The van der Waals surface area contributed by atoms with E-state index in [0.717, 1.165) is 11.1 Å². The van der Waals surface area contributed by atoms with E-state index in [1.807, 2.05) is 45.9 Å². The molecule has 1 aliphatic heterocycles. The summed E-state index contributed by atoms with van der Waals surface area (Å²) in [6.45, 7) is 8.79. The van der Waals surface area contributed by atoms with Gasteiger partial charge in [-0.3, -0.25) is 9.59 Å². The first kappa shape index (κ1) is 21.5. The number of rotatable bonds is 6. The minimum atomic E-state index is -1.07. The van der Waals surface area contributed by atoms with Gasteiger partial charge in [-0.2, -0.15) is 0 Å². The van der Waals surface area contributed by atoms with Crippen molar-refractivity contribution in [1.82, 2.24) is 10.2 Å². The summed E-state index contributed by atoms with van der Waals surface area (Å²) in [5.74, 6) is -0.205. The molecule has 3 rings (SSSR count). The van der Waals surface area contributed by atoms with Crippen LogP contribution in [-0.4, -0.2) is 48.1 Å². The van der Waals surface area contributed by atoms with Crippen LogP contribution >= 0.6 is 11.3 Å². The summed E-state index contributed by atoms with van der Waals surface area (Å²) in [6.07, 6.45) is 0.429. The SMILES string of the molecule is CC(C)NC(=O)C1(Cc2ccc(-c3cccs3)cc2)CN(C(=O)C(C)C)CCO1. The molecule has 29 heavy (non-hydrogen) atoms. The third-order valence-corrected chi connectivity index (χ3v) is 5.99. The predicted octanol–water partition coefficient (Wildman–Crippen LogP) is 3.74. The second kappa shape index (κ2) is 9.09. The second-order valence-electron chi connectivity index (χ2n) is 8.24. The first-order valence-corrected chi connectivity index (χ1v) is 11.1. The molecule has 1 fully saturated rings. The molecule has 0 bridgehead atoms. The summed E-state index contributed by atoms with van der Waals surface area (Å²) in [5, 5.41) is 5.06. The van der Waals surface area contributed by atoms with Gasteiger partial charge < -0.3 is 15.0 Å². The number of ether oxygens (including phenoxy) is 1. The lowest BCUT2D eigenvalue weighted by atomic mass is 9.90. The van der Waals surface area contributed by atoms with Crippen LogP contribution in [-0.2, 0) is 20.7 Å². The zero-order valence-electron chi connectivity index (χ0n) is 17.6. The van der Waals surface area contributed by atoms with Gasteiger partial charge >= 0.3 is 0 Å². The minimum Gasteiger partial charge on any atom is -0.361 e. The molecule has 1 aromatic heterocycles. The van der Waals surface area contributed by atoms with Gasteiger partial charge in [-0.25, -0.2) is 0 Å². The molecule has 1 N–H and O–H groups in total. The molecular formula is C23H30N2O3S. The van der Waals surface area contributed by atoms with Gasteiger partial charge in [-0.05, 0) is 36.4 Å². The number of hydrogen-bond acceptors (Lipinski definition) is 4. The smallest absolute Gasteiger partial charge is 0.254 e. The van der Waals surface area contributed by atoms with E-state index in [2.05, 4.69) is 28.9 Å². The summed E-state index contributed by atoms with van der Waals surface area (Å²) < 4.78 is 6.09. The molecule has 0 spiro atoms. The molecule has 5 nitrogen and oxygen atoms in total. The van der Waals surface area contributed by atoms with Crippen LogP contribution in [0.4, 0.5) is 0 Å². The van der Waals surface area contributed by atoms with E-state index in [4.69, 9.17) is 4.74 Å². The maximum atomic E-state index is 13.2. The molecule has 1 aromatic carbocycles. The molecule has 0 radical (unpaired) electrons. The minimum absolute atomic E-state index is 0.000330. The van der Waals surface area contributed by atoms with E-state index >= 15 is 0 Å². The van der Waals surface area contributed by atoms with Crippen LogP contribution in [0.3, 0.4) is 0 Å². The number of morpholine rings is 1. The number of thiophene rings is 1. The highest BCUT2D eigenvalue weighted by atomic mass is 32.1. The van der Waals surface area contributed by atoms with Gasteiger partial charge in [0, 0.05) is 29.8 Å². The van der Waals surface area contributed by atoms with Crippen LogP contribution < -0.4 is 5.32 Å². The van der Waals surface area contributed by atoms with Gasteiger partial charge in [-0.1, -0.05) is 44.2 Å². The monoisotopic (exact) mass is 414 g/mol. The molecule has 1 saturated heterocycles.